The molecular formula is C14H12O4. The van der Waals surface area contributed by atoms with Gasteiger partial charge in [0.15, 0.2) is 5.76 Å². The first kappa shape index (κ1) is 12.2. The Hall–Kier alpha value is -2.23. The van der Waals surface area contributed by atoms with Gasteiger partial charge in [-0.1, -0.05) is 30.3 Å². The summed E-state index contributed by atoms with van der Waals surface area (Å²) in [6, 6.07) is 9.12. The van der Waals surface area contributed by atoms with E-state index in [1.54, 1.807) is 0 Å². The number of rotatable bonds is 3. The van der Waals surface area contributed by atoms with Crippen molar-refractivity contribution in [3.8, 4) is 0 Å². The molecule has 0 aliphatic heterocycles. The quantitative estimate of drug-likeness (QED) is 0.590. The van der Waals surface area contributed by atoms with Crippen LogP contribution in [0.4, 0.5) is 0 Å². The Bertz CT molecular complexity index is 528. The summed E-state index contributed by atoms with van der Waals surface area (Å²) in [4.78, 5) is 35.1. The van der Waals surface area contributed by atoms with Gasteiger partial charge in [-0.3, -0.25) is 14.4 Å². The molecular weight excluding hydrogens is 232 g/mol. The van der Waals surface area contributed by atoms with Gasteiger partial charge in [-0.2, -0.15) is 0 Å². The van der Waals surface area contributed by atoms with Crippen molar-refractivity contribution in [2.24, 2.45) is 5.92 Å². The average Bonchev–Trinajstić information content (AvgIpc) is 2.40. The van der Waals surface area contributed by atoms with Crippen molar-refractivity contribution in [2.45, 2.75) is 6.42 Å². The maximum Gasteiger partial charge on any atom is 0.226 e. The zero-order valence-corrected chi connectivity index (χ0v) is 9.88. The predicted octanol–water partition coefficient (Wildman–Crippen LogP) is 1.10. The molecule has 0 saturated carbocycles. The Morgan fingerprint density at radius 3 is 2.33 bits per heavy atom. The molecule has 2 rings (SSSR count). The number of allylic oxidation sites excluding steroid dienone is 2. The summed E-state index contributed by atoms with van der Waals surface area (Å²) in [7, 11) is 1.31. The summed E-state index contributed by atoms with van der Waals surface area (Å²) in [5.41, 5.74) is 0.842. The van der Waals surface area contributed by atoms with Crippen molar-refractivity contribution in [2.75, 3.05) is 7.11 Å². The van der Waals surface area contributed by atoms with Gasteiger partial charge >= 0.3 is 0 Å². The molecule has 0 bridgehead atoms. The summed E-state index contributed by atoms with van der Waals surface area (Å²) in [6.45, 7) is 0. The highest BCUT2D eigenvalue weighted by atomic mass is 16.5. The molecule has 0 fully saturated rings. The SMILES string of the molecule is COC1=CC(=O)C(=O)C(Cc2ccccc2)C1=O. The van der Waals surface area contributed by atoms with E-state index in [2.05, 4.69) is 0 Å². The summed E-state index contributed by atoms with van der Waals surface area (Å²) in [5, 5.41) is 0. The molecule has 92 valence electrons. The van der Waals surface area contributed by atoms with Crippen LogP contribution in [-0.4, -0.2) is 24.5 Å². The molecule has 0 amide bonds. The fourth-order valence-electron chi connectivity index (χ4n) is 1.92. The second kappa shape index (κ2) is 4.96. The molecule has 0 N–H and O–H groups in total. The van der Waals surface area contributed by atoms with Crippen LogP contribution in [0.15, 0.2) is 42.2 Å². The Labute approximate surface area is 104 Å². The smallest absolute Gasteiger partial charge is 0.226 e. The van der Waals surface area contributed by atoms with Gasteiger partial charge in [0.2, 0.25) is 17.3 Å². The first-order valence-electron chi connectivity index (χ1n) is 5.55. The molecule has 0 saturated heterocycles. The van der Waals surface area contributed by atoms with Gasteiger partial charge in [0, 0.05) is 6.08 Å². The van der Waals surface area contributed by atoms with E-state index in [1.807, 2.05) is 30.3 Å². The molecule has 1 aromatic rings. The fourth-order valence-corrected chi connectivity index (χ4v) is 1.92. The lowest BCUT2D eigenvalue weighted by Gasteiger charge is -2.18. The lowest BCUT2D eigenvalue weighted by atomic mass is 9.85. The third kappa shape index (κ3) is 2.22. The largest absolute Gasteiger partial charge is 0.493 e. The van der Waals surface area contributed by atoms with Gasteiger partial charge in [-0.15, -0.1) is 0 Å². The second-order valence-corrected chi connectivity index (χ2v) is 4.05. The standard InChI is InChI=1S/C14H12O4/c1-18-12-8-11(15)13(16)10(14(12)17)7-9-5-3-2-4-6-9/h2-6,8,10H,7H2,1H3. The van der Waals surface area contributed by atoms with Gasteiger partial charge in [0.05, 0.1) is 13.0 Å². The number of hydrogen-bond donors (Lipinski definition) is 0. The Morgan fingerprint density at radius 2 is 1.72 bits per heavy atom. The Morgan fingerprint density at radius 1 is 1.06 bits per heavy atom. The van der Waals surface area contributed by atoms with E-state index in [1.165, 1.54) is 7.11 Å². The minimum absolute atomic E-state index is 0.0412. The van der Waals surface area contributed by atoms with Gasteiger partial charge in [0.25, 0.3) is 0 Å². The third-order valence-corrected chi connectivity index (χ3v) is 2.88. The summed E-state index contributed by atoms with van der Waals surface area (Å²) < 4.78 is 4.83. The van der Waals surface area contributed by atoms with E-state index in [4.69, 9.17) is 4.74 Å². The van der Waals surface area contributed by atoms with Crippen LogP contribution in [0.1, 0.15) is 5.56 Å². The topological polar surface area (TPSA) is 60.4 Å². The molecule has 1 unspecified atom stereocenters. The number of benzene rings is 1. The maximum absolute atomic E-state index is 12.0. The van der Waals surface area contributed by atoms with Crippen molar-refractivity contribution in [3.63, 3.8) is 0 Å². The van der Waals surface area contributed by atoms with Crippen molar-refractivity contribution in [1.82, 2.24) is 0 Å². The van der Waals surface area contributed by atoms with Crippen LogP contribution >= 0.6 is 0 Å². The van der Waals surface area contributed by atoms with Gasteiger partial charge in [-0.25, -0.2) is 0 Å². The lowest BCUT2D eigenvalue weighted by Crippen LogP contribution is -2.37. The van der Waals surface area contributed by atoms with Gasteiger partial charge in [0.1, 0.15) is 0 Å². The number of methoxy groups -OCH3 is 1. The maximum atomic E-state index is 12.0. The fraction of sp³-hybridized carbons (Fsp3) is 0.214. The molecule has 1 aliphatic carbocycles. The summed E-state index contributed by atoms with van der Waals surface area (Å²) >= 11 is 0. The highest BCUT2D eigenvalue weighted by Crippen LogP contribution is 2.20. The van der Waals surface area contributed by atoms with E-state index in [-0.39, 0.29) is 12.2 Å². The minimum Gasteiger partial charge on any atom is -0.493 e. The predicted molar refractivity (Wildman–Crippen MR) is 63.7 cm³/mol. The van der Waals surface area contributed by atoms with Gasteiger partial charge in [-0.05, 0) is 12.0 Å². The molecule has 0 spiro atoms. The molecule has 1 aromatic carbocycles. The average molecular weight is 244 g/mol. The third-order valence-electron chi connectivity index (χ3n) is 2.88. The van der Waals surface area contributed by atoms with E-state index in [0.29, 0.717) is 0 Å². The molecule has 1 atom stereocenters. The van der Waals surface area contributed by atoms with Crippen molar-refractivity contribution >= 4 is 17.3 Å². The summed E-state index contributed by atoms with van der Waals surface area (Å²) in [5.74, 6) is -2.76. The zero-order valence-electron chi connectivity index (χ0n) is 9.88. The number of carbonyl (C=O) groups is 3. The van der Waals surface area contributed by atoms with Crippen molar-refractivity contribution < 1.29 is 19.1 Å². The van der Waals surface area contributed by atoms with E-state index in [0.717, 1.165) is 11.6 Å². The van der Waals surface area contributed by atoms with Crippen LogP contribution in [0, 0.1) is 5.92 Å². The molecule has 4 nitrogen and oxygen atoms in total. The number of ketones is 3. The Balaban J connectivity index is 2.27. The van der Waals surface area contributed by atoms with Crippen molar-refractivity contribution in [1.29, 1.82) is 0 Å². The number of ether oxygens (including phenoxy) is 1. The van der Waals surface area contributed by atoms with Crippen LogP contribution in [0.3, 0.4) is 0 Å². The highest BCUT2D eigenvalue weighted by molar-refractivity contribution is 6.48. The zero-order chi connectivity index (χ0) is 13.1. The molecule has 4 heteroatoms. The van der Waals surface area contributed by atoms with E-state index in [9.17, 15) is 14.4 Å². The molecule has 1 aliphatic rings. The molecule has 0 radical (unpaired) electrons. The van der Waals surface area contributed by atoms with Crippen LogP contribution in [0.2, 0.25) is 0 Å². The van der Waals surface area contributed by atoms with Crippen LogP contribution < -0.4 is 0 Å². The van der Waals surface area contributed by atoms with Gasteiger partial charge < -0.3 is 4.74 Å². The monoisotopic (exact) mass is 244 g/mol. The molecule has 0 aromatic heterocycles. The number of hydrogen-bond acceptors (Lipinski definition) is 4. The van der Waals surface area contributed by atoms with Crippen LogP contribution in [-0.2, 0) is 25.5 Å². The van der Waals surface area contributed by atoms with Crippen LogP contribution in [0.25, 0.3) is 0 Å². The van der Waals surface area contributed by atoms with E-state index >= 15 is 0 Å². The summed E-state index contributed by atoms with van der Waals surface area (Å²) in [6.07, 6.45) is 1.19. The second-order valence-electron chi connectivity index (χ2n) is 4.05. The Kier molecular flexibility index (Phi) is 3.37. The van der Waals surface area contributed by atoms with Crippen molar-refractivity contribution in [3.05, 3.63) is 47.7 Å². The highest BCUT2D eigenvalue weighted by Gasteiger charge is 2.37. The number of carbonyl (C=O) groups excluding carboxylic acids is 3. The number of Topliss-reactive ketones (excluding diaryl/α,β-unsaturated/α-hetero) is 2. The molecule has 0 heterocycles. The first-order valence-corrected chi connectivity index (χ1v) is 5.55. The normalized spacial score (nSPS) is 19.7. The minimum atomic E-state index is -0.958. The first-order chi connectivity index (χ1) is 8.63. The molecule has 18 heavy (non-hydrogen) atoms. The van der Waals surface area contributed by atoms with E-state index < -0.39 is 23.3 Å². The lowest BCUT2D eigenvalue weighted by molar-refractivity contribution is -0.142. The van der Waals surface area contributed by atoms with Crippen LogP contribution in [0.5, 0.6) is 0 Å².